The molecule has 0 unspecified atom stereocenters. The summed E-state index contributed by atoms with van der Waals surface area (Å²) in [6.45, 7) is 5.64. The molecular weight excluding hydrogens is 258 g/mol. The van der Waals surface area contributed by atoms with E-state index in [1.54, 1.807) is 13.8 Å². The van der Waals surface area contributed by atoms with Crippen molar-refractivity contribution < 1.29 is 5.11 Å². The number of hydrogen-bond acceptors (Lipinski definition) is 4. The van der Waals surface area contributed by atoms with Crippen molar-refractivity contribution in [1.29, 1.82) is 0 Å². The minimum absolute atomic E-state index is 0.590. The van der Waals surface area contributed by atoms with Gasteiger partial charge in [0.15, 0.2) is 11.0 Å². The summed E-state index contributed by atoms with van der Waals surface area (Å²) < 4.78 is 1.96. The van der Waals surface area contributed by atoms with Crippen LogP contribution in [0.3, 0.4) is 0 Å². The van der Waals surface area contributed by atoms with Crippen LogP contribution < -0.4 is 0 Å². The van der Waals surface area contributed by atoms with Crippen molar-refractivity contribution >= 4 is 11.8 Å². The van der Waals surface area contributed by atoms with Crippen molar-refractivity contribution in [3.63, 3.8) is 0 Å². The average molecular weight is 277 g/mol. The third kappa shape index (κ3) is 3.58. The van der Waals surface area contributed by atoms with Gasteiger partial charge in [0, 0.05) is 18.4 Å². The highest BCUT2D eigenvalue weighted by molar-refractivity contribution is 7.99. The molecule has 1 N–H and O–H groups in total. The molecule has 0 atom stereocenters. The molecule has 4 nitrogen and oxygen atoms in total. The number of aromatic nitrogens is 3. The van der Waals surface area contributed by atoms with Gasteiger partial charge in [-0.3, -0.25) is 0 Å². The number of nitrogens with zero attached hydrogens (tertiary/aromatic N) is 3. The zero-order valence-electron chi connectivity index (χ0n) is 11.7. The molecule has 0 bridgehead atoms. The topological polar surface area (TPSA) is 50.9 Å². The van der Waals surface area contributed by atoms with Crippen LogP contribution in [0.25, 0.3) is 11.4 Å². The Labute approximate surface area is 117 Å². The van der Waals surface area contributed by atoms with Gasteiger partial charge in [-0.25, -0.2) is 0 Å². The standard InChI is InChI=1S/C14H19N3OS/c1-10-6-5-7-11(8-10)12-15-16-13(17(12)4)19-9-14(2,3)18/h5-8,18H,9H2,1-4H3. The van der Waals surface area contributed by atoms with Crippen LogP contribution in [0, 0.1) is 6.92 Å². The third-order valence-electron chi connectivity index (χ3n) is 2.67. The lowest BCUT2D eigenvalue weighted by molar-refractivity contribution is 0.107. The molecule has 0 aliphatic carbocycles. The fraction of sp³-hybridized carbons (Fsp3) is 0.429. The summed E-state index contributed by atoms with van der Waals surface area (Å²) >= 11 is 1.51. The smallest absolute Gasteiger partial charge is 0.191 e. The van der Waals surface area contributed by atoms with Gasteiger partial charge < -0.3 is 9.67 Å². The molecule has 0 aliphatic rings. The van der Waals surface area contributed by atoms with Crippen LogP contribution >= 0.6 is 11.8 Å². The van der Waals surface area contributed by atoms with E-state index in [9.17, 15) is 5.11 Å². The van der Waals surface area contributed by atoms with Gasteiger partial charge in [0.25, 0.3) is 0 Å². The lowest BCUT2D eigenvalue weighted by Gasteiger charge is -2.15. The normalized spacial score (nSPS) is 11.8. The van der Waals surface area contributed by atoms with E-state index in [0.717, 1.165) is 16.5 Å². The van der Waals surface area contributed by atoms with Gasteiger partial charge in [0.1, 0.15) is 0 Å². The average Bonchev–Trinajstić information content (AvgIpc) is 2.67. The molecule has 0 saturated heterocycles. The predicted octanol–water partition coefficient (Wildman–Crippen LogP) is 2.65. The van der Waals surface area contributed by atoms with Gasteiger partial charge in [-0.05, 0) is 26.8 Å². The van der Waals surface area contributed by atoms with Crippen molar-refractivity contribution in [2.45, 2.75) is 31.5 Å². The Morgan fingerprint density at radius 1 is 1.32 bits per heavy atom. The Balaban J connectivity index is 2.23. The highest BCUT2D eigenvalue weighted by Gasteiger charge is 2.17. The minimum atomic E-state index is -0.708. The molecule has 1 heterocycles. The minimum Gasteiger partial charge on any atom is -0.390 e. The second-order valence-electron chi connectivity index (χ2n) is 5.34. The molecule has 2 aromatic rings. The van der Waals surface area contributed by atoms with E-state index in [1.165, 1.54) is 17.3 Å². The van der Waals surface area contributed by atoms with Gasteiger partial charge in [0.05, 0.1) is 5.60 Å². The van der Waals surface area contributed by atoms with Crippen molar-refractivity contribution in [2.24, 2.45) is 7.05 Å². The maximum Gasteiger partial charge on any atom is 0.191 e. The van der Waals surface area contributed by atoms with Crippen molar-refractivity contribution in [1.82, 2.24) is 14.8 Å². The quantitative estimate of drug-likeness (QED) is 0.873. The van der Waals surface area contributed by atoms with E-state index in [4.69, 9.17) is 0 Å². The van der Waals surface area contributed by atoms with Crippen LogP contribution in [0.1, 0.15) is 19.4 Å². The monoisotopic (exact) mass is 277 g/mol. The first-order valence-electron chi connectivity index (χ1n) is 6.18. The molecule has 0 amide bonds. The van der Waals surface area contributed by atoms with Crippen LogP contribution in [-0.2, 0) is 7.05 Å². The summed E-state index contributed by atoms with van der Waals surface area (Å²) in [4.78, 5) is 0. The molecule has 0 spiro atoms. The summed E-state index contributed by atoms with van der Waals surface area (Å²) in [5.41, 5.74) is 1.55. The van der Waals surface area contributed by atoms with Gasteiger partial charge in [-0.1, -0.05) is 35.5 Å². The third-order valence-corrected chi connectivity index (χ3v) is 4.13. The lowest BCUT2D eigenvalue weighted by Crippen LogP contribution is -2.22. The van der Waals surface area contributed by atoms with Crippen molar-refractivity contribution in [2.75, 3.05) is 5.75 Å². The van der Waals surface area contributed by atoms with Crippen molar-refractivity contribution in [3.05, 3.63) is 29.8 Å². The maximum atomic E-state index is 9.75. The number of benzene rings is 1. The summed E-state index contributed by atoms with van der Waals surface area (Å²) in [7, 11) is 1.95. The van der Waals surface area contributed by atoms with E-state index in [1.807, 2.05) is 23.7 Å². The maximum absolute atomic E-state index is 9.75. The first-order chi connectivity index (χ1) is 8.87. The first-order valence-corrected chi connectivity index (χ1v) is 7.17. The summed E-state index contributed by atoms with van der Waals surface area (Å²) in [5, 5.41) is 19.0. The Kier molecular flexibility index (Phi) is 3.96. The summed E-state index contributed by atoms with van der Waals surface area (Å²) in [6.07, 6.45) is 0. The van der Waals surface area contributed by atoms with Crippen LogP contribution in [0.2, 0.25) is 0 Å². The molecule has 0 radical (unpaired) electrons. The first kappa shape index (κ1) is 14.1. The summed E-state index contributed by atoms with van der Waals surface area (Å²) in [5.74, 6) is 1.44. The molecule has 1 aromatic carbocycles. The van der Waals surface area contributed by atoms with E-state index in [-0.39, 0.29) is 0 Å². The fourth-order valence-corrected chi connectivity index (χ4v) is 2.58. The Morgan fingerprint density at radius 3 is 2.68 bits per heavy atom. The van der Waals surface area contributed by atoms with E-state index in [2.05, 4.69) is 29.3 Å². The van der Waals surface area contributed by atoms with Crippen LogP contribution in [0.4, 0.5) is 0 Å². The number of aryl methyl sites for hydroxylation is 1. The lowest BCUT2D eigenvalue weighted by atomic mass is 10.1. The number of aliphatic hydroxyl groups is 1. The molecule has 5 heteroatoms. The van der Waals surface area contributed by atoms with E-state index in [0.29, 0.717) is 5.75 Å². The van der Waals surface area contributed by atoms with Gasteiger partial charge in [-0.15, -0.1) is 10.2 Å². The van der Waals surface area contributed by atoms with Gasteiger partial charge >= 0.3 is 0 Å². The molecule has 0 fully saturated rings. The van der Waals surface area contributed by atoms with Crippen LogP contribution in [-0.4, -0.2) is 31.2 Å². The SMILES string of the molecule is Cc1cccc(-c2nnc(SCC(C)(C)O)n2C)c1. The Morgan fingerprint density at radius 2 is 2.05 bits per heavy atom. The second kappa shape index (κ2) is 5.35. The molecule has 1 aromatic heterocycles. The molecule has 102 valence electrons. The number of hydrogen-bond donors (Lipinski definition) is 1. The van der Waals surface area contributed by atoms with Gasteiger partial charge in [-0.2, -0.15) is 0 Å². The number of thioether (sulfide) groups is 1. The fourth-order valence-electron chi connectivity index (χ4n) is 1.72. The van der Waals surface area contributed by atoms with Crippen LogP contribution in [0.5, 0.6) is 0 Å². The van der Waals surface area contributed by atoms with Crippen LogP contribution in [0.15, 0.2) is 29.4 Å². The largest absolute Gasteiger partial charge is 0.390 e. The van der Waals surface area contributed by atoms with E-state index < -0.39 is 5.60 Å². The molecule has 19 heavy (non-hydrogen) atoms. The predicted molar refractivity (Wildman–Crippen MR) is 78.2 cm³/mol. The zero-order chi connectivity index (χ0) is 14.0. The molecule has 2 rings (SSSR count). The molecule has 0 saturated carbocycles. The zero-order valence-corrected chi connectivity index (χ0v) is 12.5. The van der Waals surface area contributed by atoms with E-state index >= 15 is 0 Å². The summed E-state index contributed by atoms with van der Waals surface area (Å²) in [6, 6.07) is 8.20. The van der Waals surface area contributed by atoms with Crippen molar-refractivity contribution in [3.8, 4) is 11.4 Å². The second-order valence-corrected chi connectivity index (χ2v) is 6.28. The highest BCUT2D eigenvalue weighted by Crippen LogP contribution is 2.25. The molecular formula is C14H19N3OS. The van der Waals surface area contributed by atoms with Gasteiger partial charge in [0.2, 0.25) is 0 Å². The Hall–Kier alpha value is -1.33. The molecule has 0 aliphatic heterocycles. The number of rotatable bonds is 4. The highest BCUT2D eigenvalue weighted by atomic mass is 32.2. The Bertz CT molecular complexity index is 572.